The number of nitrogens with one attached hydrogen (secondary N) is 1. The van der Waals surface area contributed by atoms with Crippen molar-refractivity contribution in [2.24, 2.45) is 5.73 Å². The molecule has 3 N–H and O–H groups in total. The van der Waals surface area contributed by atoms with Crippen molar-refractivity contribution in [2.75, 3.05) is 0 Å². The van der Waals surface area contributed by atoms with Gasteiger partial charge in [0.25, 0.3) is 0 Å². The topological polar surface area (TPSA) is 68.0 Å². The number of rotatable bonds is 5. The van der Waals surface area contributed by atoms with Crippen LogP contribution < -0.4 is 11.1 Å². The molecule has 1 amide bonds. The number of halogens is 1. The molecular formula is C11H16FN3O. The SMILES string of the molecule is CC(CC(N)=O)NC(C)c1cncc(F)c1. The normalized spacial score (nSPS) is 14.4. The van der Waals surface area contributed by atoms with Crippen LogP contribution in [0, 0.1) is 5.82 Å². The fraction of sp³-hybridized carbons (Fsp3) is 0.455. The van der Waals surface area contributed by atoms with E-state index in [1.165, 1.54) is 6.07 Å². The Bertz CT molecular complexity index is 370. The molecule has 1 aromatic rings. The molecule has 0 aliphatic carbocycles. The van der Waals surface area contributed by atoms with Gasteiger partial charge >= 0.3 is 0 Å². The molecule has 4 nitrogen and oxygen atoms in total. The maximum Gasteiger partial charge on any atom is 0.218 e. The summed E-state index contributed by atoms with van der Waals surface area (Å²) in [6, 6.07) is 1.30. The minimum Gasteiger partial charge on any atom is -0.370 e. The van der Waals surface area contributed by atoms with Crippen molar-refractivity contribution in [1.29, 1.82) is 0 Å². The lowest BCUT2D eigenvalue weighted by molar-refractivity contribution is -0.118. The van der Waals surface area contributed by atoms with E-state index in [4.69, 9.17) is 5.73 Å². The van der Waals surface area contributed by atoms with Crippen molar-refractivity contribution in [3.63, 3.8) is 0 Å². The Morgan fingerprint density at radius 3 is 2.81 bits per heavy atom. The standard InChI is InChI=1S/C11H16FN3O/c1-7(3-11(13)16)15-8(2)9-4-10(12)6-14-5-9/h4-8,15H,3H2,1-2H3,(H2,13,16). The molecule has 2 atom stereocenters. The first-order valence-electron chi connectivity index (χ1n) is 5.14. The van der Waals surface area contributed by atoms with Crippen molar-refractivity contribution in [3.05, 3.63) is 29.8 Å². The van der Waals surface area contributed by atoms with Gasteiger partial charge in [0.05, 0.1) is 6.20 Å². The van der Waals surface area contributed by atoms with Crippen molar-refractivity contribution >= 4 is 5.91 Å². The number of carbonyl (C=O) groups is 1. The second kappa shape index (κ2) is 5.55. The largest absolute Gasteiger partial charge is 0.370 e. The van der Waals surface area contributed by atoms with Crippen LogP contribution in [0.1, 0.15) is 31.9 Å². The Hall–Kier alpha value is -1.49. The van der Waals surface area contributed by atoms with Crippen molar-refractivity contribution < 1.29 is 9.18 Å². The number of pyridine rings is 1. The van der Waals surface area contributed by atoms with E-state index >= 15 is 0 Å². The van der Waals surface area contributed by atoms with Crippen molar-refractivity contribution in [3.8, 4) is 0 Å². The number of nitrogens with two attached hydrogens (primary N) is 1. The van der Waals surface area contributed by atoms with E-state index in [0.717, 1.165) is 11.8 Å². The van der Waals surface area contributed by atoms with Crippen LogP contribution in [0.25, 0.3) is 0 Å². The van der Waals surface area contributed by atoms with Gasteiger partial charge in [-0.3, -0.25) is 9.78 Å². The van der Waals surface area contributed by atoms with Crippen LogP contribution in [0.4, 0.5) is 4.39 Å². The van der Waals surface area contributed by atoms with E-state index < -0.39 is 0 Å². The van der Waals surface area contributed by atoms with Crippen LogP contribution in [-0.4, -0.2) is 16.9 Å². The summed E-state index contributed by atoms with van der Waals surface area (Å²) in [6.45, 7) is 3.74. The number of amides is 1. The molecule has 88 valence electrons. The summed E-state index contributed by atoms with van der Waals surface area (Å²) >= 11 is 0. The van der Waals surface area contributed by atoms with E-state index in [0.29, 0.717) is 0 Å². The number of hydrogen-bond acceptors (Lipinski definition) is 3. The summed E-state index contributed by atoms with van der Waals surface area (Å²) in [5.41, 5.74) is 5.83. The molecule has 0 radical (unpaired) electrons. The van der Waals surface area contributed by atoms with Crippen LogP contribution >= 0.6 is 0 Å². The highest BCUT2D eigenvalue weighted by Gasteiger charge is 2.12. The lowest BCUT2D eigenvalue weighted by Crippen LogP contribution is -2.33. The summed E-state index contributed by atoms with van der Waals surface area (Å²) in [5.74, 6) is -0.724. The molecule has 2 unspecified atom stereocenters. The van der Waals surface area contributed by atoms with Gasteiger partial charge in [-0.2, -0.15) is 0 Å². The van der Waals surface area contributed by atoms with Gasteiger partial charge in [-0.05, 0) is 25.5 Å². The predicted molar refractivity (Wildman–Crippen MR) is 59.0 cm³/mol. The van der Waals surface area contributed by atoms with Crippen LogP contribution in [-0.2, 0) is 4.79 Å². The second-order valence-electron chi connectivity index (χ2n) is 3.90. The third-order valence-corrected chi connectivity index (χ3v) is 2.27. The van der Waals surface area contributed by atoms with Crippen LogP contribution in [0.2, 0.25) is 0 Å². The first kappa shape index (κ1) is 12.6. The number of carbonyl (C=O) groups excluding carboxylic acids is 1. The maximum absolute atomic E-state index is 12.9. The zero-order valence-electron chi connectivity index (χ0n) is 9.40. The number of primary amides is 1. The average Bonchev–Trinajstić information content (AvgIpc) is 2.16. The smallest absolute Gasteiger partial charge is 0.218 e. The third kappa shape index (κ3) is 3.94. The lowest BCUT2D eigenvalue weighted by Gasteiger charge is -2.19. The lowest BCUT2D eigenvalue weighted by atomic mass is 10.1. The summed E-state index contributed by atoms with van der Waals surface area (Å²) < 4.78 is 12.9. The summed E-state index contributed by atoms with van der Waals surface area (Å²) in [5, 5.41) is 3.15. The first-order valence-corrected chi connectivity index (χ1v) is 5.14. The summed E-state index contributed by atoms with van der Waals surface area (Å²) in [6.07, 6.45) is 3.01. The van der Waals surface area contributed by atoms with Gasteiger partial charge in [-0.25, -0.2) is 4.39 Å². The highest BCUT2D eigenvalue weighted by Crippen LogP contribution is 2.13. The molecule has 16 heavy (non-hydrogen) atoms. The zero-order valence-corrected chi connectivity index (χ0v) is 9.40. The van der Waals surface area contributed by atoms with E-state index in [2.05, 4.69) is 10.3 Å². The zero-order chi connectivity index (χ0) is 12.1. The molecule has 0 fully saturated rings. The molecule has 1 rings (SSSR count). The van der Waals surface area contributed by atoms with E-state index in [1.807, 2.05) is 13.8 Å². The van der Waals surface area contributed by atoms with E-state index in [9.17, 15) is 9.18 Å². The molecule has 5 heteroatoms. The first-order chi connectivity index (χ1) is 7.49. The van der Waals surface area contributed by atoms with E-state index in [1.54, 1.807) is 6.20 Å². The highest BCUT2D eigenvalue weighted by atomic mass is 19.1. The van der Waals surface area contributed by atoms with Crippen molar-refractivity contribution in [2.45, 2.75) is 32.4 Å². The van der Waals surface area contributed by atoms with Gasteiger partial charge < -0.3 is 11.1 Å². The van der Waals surface area contributed by atoms with Gasteiger partial charge in [0.2, 0.25) is 5.91 Å². The van der Waals surface area contributed by atoms with Crippen LogP contribution in [0.15, 0.2) is 18.5 Å². The molecule has 0 aliphatic rings. The molecule has 0 saturated heterocycles. The monoisotopic (exact) mass is 225 g/mol. The third-order valence-electron chi connectivity index (χ3n) is 2.27. The molecular weight excluding hydrogens is 209 g/mol. The highest BCUT2D eigenvalue weighted by molar-refractivity contribution is 5.74. The van der Waals surface area contributed by atoms with Crippen molar-refractivity contribution in [1.82, 2.24) is 10.3 Å². The minimum atomic E-state index is -0.367. The Morgan fingerprint density at radius 2 is 2.25 bits per heavy atom. The predicted octanol–water partition coefficient (Wildman–Crippen LogP) is 1.14. The Labute approximate surface area is 94.1 Å². The van der Waals surface area contributed by atoms with Crippen LogP contribution in [0.5, 0.6) is 0 Å². The number of nitrogens with zero attached hydrogens (tertiary/aromatic N) is 1. The Morgan fingerprint density at radius 1 is 1.56 bits per heavy atom. The minimum absolute atomic E-state index is 0.0456. The summed E-state index contributed by atoms with van der Waals surface area (Å²) in [4.78, 5) is 14.5. The number of hydrogen-bond donors (Lipinski definition) is 2. The van der Waals surface area contributed by atoms with Crippen LogP contribution in [0.3, 0.4) is 0 Å². The Kier molecular flexibility index (Phi) is 4.37. The fourth-order valence-corrected chi connectivity index (χ4v) is 1.55. The second-order valence-corrected chi connectivity index (χ2v) is 3.90. The summed E-state index contributed by atoms with van der Waals surface area (Å²) in [7, 11) is 0. The van der Waals surface area contributed by atoms with Gasteiger partial charge in [0, 0.05) is 24.7 Å². The fourth-order valence-electron chi connectivity index (χ4n) is 1.55. The molecule has 0 spiro atoms. The molecule has 0 aliphatic heterocycles. The quantitative estimate of drug-likeness (QED) is 0.789. The van der Waals surface area contributed by atoms with Gasteiger partial charge in [-0.15, -0.1) is 0 Å². The average molecular weight is 225 g/mol. The molecule has 0 bridgehead atoms. The number of aromatic nitrogens is 1. The van der Waals surface area contributed by atoms with Gasteiger partial charge in [-0.1, -0.05) is 0 Å². The Balaban J connectivity index is 2.58. The van der Waals surface area contributed by atoms with E-state index in [-0.39, 0.29) is 30.2 Å². The van der Waals surface area contributed by atoms with Gasteiger partial charge in [0.15, 0.2) is 0 Å². The maximum atomic E-state index is 12.9. The molecule has 1 heterocycles. The van der Waals surface area contributed by atoms with Gasteiger partial charge in [0.1, 0.15) is 5.82 Å². The molecule has 0 saturated carbocycles. The molecule has 1 aromatic heterocycles. The molecule has 0 aromatic carbocycles.